The lowest BCUT2D eigenvalue weighted by Gasteiger charge is -2.08. The molecule has 25 heavy (non-hydrogen) atoms. The number of hydrogen-bond acceptors (Lipinski definition) is 8. The van der Waals surface area contributed by atoms with Crippen LogP contribution in [-0.2, 0) is 27.1 Å². The van der Waals surface area contributed by atoms with E-state index in [0.717, 1.165) is 18.1 Å². The number of thioether (sulfide) groups is 1. The van der Waals surface area contributed by atoms with E-state index in [4.69, 9.17) is 15.9 Å². The zero-order chi connectivity index (χ0) is 18.6. The topological polar surface area (TPSA) is 144 Å². The molecule has 0 fully saturated rings. The first-order valence-electron chi connectivity index (χ1n) is 7.39. The number of carbonyl (C=O) groups excluding carboxylic acids is 1. The number of amidine groups is 1. The summed E-state index contributed by atoms with van der Waals surface area (Å²) >= 11 is 1.59. The van der Waals surface area contributed by atoms with Crippen LogP contribution in [-0.4, -0.2) is 51.5 Å². The fraction of sp³-hybridized carbons (Fsp3) is 0.429. The van der Waals surface area contributed by atoms with Crippen LogP contribution in [0.25, 0.3) is 0 Å². The van der Waals surface area contributed by atoms with Crippen LogP contribution < -0.4 is 16.8 Å². The largest absolute Gasteiger partial charge is 0.464 e. The zero-order valence-electron chi connectivity index (χ0n) is 14.0. The van der Waals surface area contributed by atoms with E-state index in [9.17, 15) is 13.2 Å². The molecule has 5 N–H and O–H groups in total. The summed E-state index contributed by atoms with van der Waals surface area (Å²) < 4.78 is 32.4. The third kappa shape index (κ3) is 5.00. The Morgan fingerprint density at radius 2 is 2.04 bits per heavy atom. The van der Waals surface area contributed by atoms with Crippen molar-refractivity contribution in [3.05, 3.63) is 34.3 Å². The number of furan rings is 1. The van der Waals surface area contributed by atoms with Gasteiger partial charge in [-0.25, -0.2) is 0 Å². The molecule has 9 nitrogen and oxygen atoms in total. The lowest BCUT2D eigenvalue weighted by Crippen LogP contribution is -2.30. The standard InChI is InChI=1S/C14H21N5O4S2/c1-19(2)7-9-3-4-10(23-9)8-24-6-5-17-11-12(14(16)20)25(21,22)18-13(11)15/h3-4,17H,5-8H2,1-2H3,(H2,15,18)(H2,16,20). The molecule has 0 unspecified atom stereocenters. The van der Waals surface area contributed by atoms with E-state index in [1.54, 1.807) is 11.8 Å². The molecule has 2 rings (SSSR count). The number of amides is 1. The molecule has 1 amide bonds. The van der Waals surface area contributed by atoms with Gasteiger partial charge in [-0.15, -0.1) is 4.40 Å². The second kappa shape index (κ2) is 7.93. The molecule has 1 aromatic heterocycles. The quantitative estimate of drug-likeness (QED) is 0.484. The van der Waals surface area contributed by atoms with Crippen molar-refractivity contribution in [1.29, 1.82) is 0 Å². The van der Waals surface area contributed by atoms with Gasteiger partial charge in [-0.2, -0.15) is 20.2 Å². The number of nitrogens with one attached hydrogen (secondary N) is 1. The van der Waals surface area contributed by atoms with E-state index in [0.29, 0.717) is 18.1 Å². The van der Waals surface area contributed by atoms with Crippen LogP contribution >= 0.6 is 11.8 Å². The fourth-order valence-corrected chi connectivity index (χ4v) is 4.08. The minimum atomic E-state index is -4.10. The van der Waals surface area contributed by atoms with Crippen molar-refractivity contribution in [2.24, 2.45) is 15.9 Å². The predicted molar refractivity (Wildman–Crippen MR) is 97.0 cm³/mol. The Morgan fingerprint density at radius 3 is 2.68 bits per heavy atom. The lowest BCUT2D eigenvalue weighted by atomic mass is 10.3. The molecule has 0 bridgehead atoms. The maximum absolute atomic E-state index is 11.7. The van der Waals surface area contributed by atoms with Crippen LogP contribution in [0.4, 0.5) is 0 Å². The molecule has 0 saturated carbocycles. The number of nitrogens with two attached hydrogens (primary N) is 2. The van der Waals surface area contributed by atoms with E-state index < -0.39 is 20.8 Å². The van der Waals surface area contributed by atoms with Gasteiger partial charge in [-0.05, 0) is 26.2 Å². The first-order valence-corrected chi connectivity index (χ1v) is 9.99. The molecule has 138 valence electrons. The van der Waals surface area contributed by atoms with E-state index in [2.05, 4.69) is 9.71 Å². The molecule has 0 aliphatic carbocycles. The molecule has 0 atom stereocenters. The maximum atomic E-state index is 11.7. The Bertz CT molecular complexity index is 811. The van der Waals surface area contributed by atoms with Gasteiger partial charge in [0.25, 0.3) is 15.9 Å². The highest BCUT2D eigenvalue weighted by atomic mass is 32.2. The summed E-state index contributed by atoms with van der Waals surface area (Å²) in [7, 11) is -0.162. The van der Waals surface area contributed by atoms with Gasteiger partial charge >= 0.3 is 0 Å². The molecule has 11 heteroatoms. The van der Waals surface area contributed by atoms with E-state index in [1.807, 2.05) is 31.1 Å². The van der Waals surface area contributed by atoms with Gasteiger partial charge < -0.3 is 26.1 Å². The Labute approximate surface area is 150 Å². The molecule has 0 saturated heterocycles. The minimum Gasteiger partial charge on any atom is -0.464 e. The van der Waals surface area contributed by atoms with Crippen molar-refractivity contribution in [2.45, 2.75) is 12.3 Å². The monoisotopic (exact) mass is 387 g/mol. The second-order valence-electron chi connectivity index (χ2n) is 5.61. The number of carbonyl (C=O) groups is 1. The highest BCUT2D eigenvalue weighted by molar-refractivity contribution is 7.98. The van der Waals surface area contributed by atoms with E-state index >= 15 is 0 Å². The normalized spacial score (nSPS) is 16.4. The van der Waals surface area contributed by atoms with Gasteiger partial charge in [0, 0.05) is 12.3 Å². The van der Waals surface area contributed by atoms with E-state index in [-0.39, 0.29) is 11.5 Å². The molecule has 1 aliphatic heterocycles. The molecule has 2 heterocycles. The zero-order valence-corrected chi connectivity index (χ0v) is 15.6. The van der Waals surface area contributed by atoms with E-state index in [1.165, 1.54) is 0 Å². The van der Waals surface area contributed by atoms with Crippen LogP contribution in [0.2, 0.25) is 0 Å². The first-order chi connectivity index (χ1) is 11.7. The van der Waals surface area contributed by atoms with Crippen molar-refractivity contribution in [1.82, 2.24) is 10.2 Å². The van der Waals surface area contributed by atoms with Crippen LogP contribution in [0.1, 0.15) is 11.5 Å². The summed E-state index contributed by atoms with van der Waals surface area (Å²) in [6.45, 7) is 1.14. The van der Waals surface area contributed by atoms with Gasteiger partial charge in [0.2, 0.25) is 0 Å². The fourth-order valence-electron chi connectivity index (χ4n) is 2.20. The van der Waals surface area contributed by atoms with Gasteiger partial charge in [0.15, 0.2) is 10.7 Å². The van der Waals surface area contributed by atoms with Gasteiger partial charge in [-0.1, -0.05) is 0 Å². The van der Waals surface area contributed by atoms with Gasteiger partial charge in [0.05, 0.1) is 12.3 Å². The number of nitrogens with zero attached hydrogens (tertiary/aromatic N) is 2. The molecule has 0 radical (unpaired) electrons. The smallest absolute Gasteiger partial charge is 0.292 e. The number of hydrogen-bond donors (Lipinski definition) is 3. The van der Waals surface area contributed by atoms with Crippen molar-refractivity contribution in [3.63, 3.8) is 0 Å². The maximum Gasteiger partial charge on any atom is 0.292 e. The molecular formula is C14H21N5O4S2. The summed E-state index contributed by atoms with van der Waals surface area (Å²) in [5.74, 6) is 1.76. The van der Waals surface area contributed by atoms with Gasteiger partial charge in [0.1, 0.15) is 17.2 Å². The molecule has 1 aliphatic rings. The SMILES string of the molecule is CN(C)Cc1ccc(CSCCNC2=C(C(N)=O)S(=O)(=O)N=C2N)o1. The predicted octanol–water partition coefficient (Wildman–Crippen LogP) is -0.438. The summed E-state index contributed by atoms with van der Waals surface area (Å²) in [6, 6.07) is 3.87. The Balaban J connectivity index is 1.83. The number of rotatable bonds is 9. The Morgan fingerprint density at radius 1 is 1.36 bits per heavy atom. The summed E-state index contributed by atoms with van der Waals surface area (Å²) in [6.07, 6.45) is 0. The highest BCUT2D eigenvalue weighted by Gasteiger charge is 2.34. The van der Waals surface area contributed by atoms with Crippen molar-refractivity contribution in [2.75, 3.05) is 26.4 Å². The third-order valence-electron chi connectivity index (χ3n) is 3.17. The van der Waals surface area contributed by atoms with Crippen molar-refractivity contribution in [3.8, 4) is 0 Å². The van der Waals surface area contributed by atoms with Crippen LogP contribution in [0.3, 0.4) is 0 Å². The summed E-state index contributed by atoms with van der Waals surface area (Å²) in [5.41, 5.74) is 10.6. The first kappa shape index (κ1) is 19.3. The summed E-state index contributed by atoms with van der Waals surface area (Å²) in [5, 5.41) is 2.82. The minimum absolute atomic E-state index is 0.0284. The number of primary amides is 1. The average Bonchev–Trinajstić information content (AvgIpc) is 2.99. The lowest BCUT2D eigenvalue weighted by molar-refractivity contribution is -0.114. The van der Waals surface area contributed by atoms with Crippen LogP contribution in [0, 0.1) is 0 Å². The molecular weight excluding hydrogens is 366 g/mol. The van der Waals surface area contributed by atoms with Crippen molar-refractivity contribution < 1.29 is 17.6 Å². The summed E-state index contributed by atoms with van der Waals surface area (Å²) in [4.78, 5) is 12.8. The van der Waals surface area contributed by atoms with Crippen LogP contribution in [0.5, 0.6) is 0 Å². The highest BCUT2D eigenvalue weighted by Crippen LogP contribution is 2.20. The molecule has 0 aromatic carbocycles. The Kier molecular flexibility index (Phi) is 6.14. The average molecular weight is 387 g/mol. The van der Waals surface area contributed by atoms with Crippen molar-refractivity contribution >= 4 is 33.5 Å². The Hall–Kier alpha value is -1.98. The molecule has 0 spiro atoms. The number of sulfonamides is 1. The molecule has 1 aromatic rings. The third-order valence-corrected chi connectivity index (χ3v) is 5.51. The van der Waals surface area contributed by atoms with Crippen LogP contribution in [0.15, 0.2) is 31.5 Å². The second-order valence-corrected chi connectivity index (χ2v) is 8.25. The van der Waals surface area contributed by atoms with Gasteiger partial charge in [-0.3, -0.25) is 4.79 Å².